The summed E-state index contributed by atoms with van der Waals surface area (Å²) in [6.07, 6.45) is -0.163. The molecule has 17 heavy (non-hydrogen) atoms. The Morgan fingerprint density at radius 2 is 2.12 bits per heavy atom. The molecule has 1 aromatic rings. The number of benzene rings is 1. The van der Waals surface area contributed by atoms with Gasteiger partial charge in [-0.2, -0.15) is 0 Å². The number of primary amides is 1. The highest BCUT2D eigenvalue weighted by atomic mass is 16.4. The summed E-state index contributed by atoms with van der Waals surface area (Å²) >= 11 is 0. The topological polar surface area (TPSA) is 110 Å². The van der Waals surface area contributed by atoms with Crippen molar-refractivity contribution in [2.45, 2.75) is 12.5 Å². The lowest BCUT2D eigenvalue weighted by molar-refractivity contribution is -0.137. The number of carbonyl (C=O) groups is 2. The highest BCUT2D eigenvalue weighted by Crippen LogP contribution is 2.20. The van der Waals surface area contributed by atoms with E-state index in [4.69, 9.17) is 16.6 Å². The standard InChI is InChI=1S/C11H15N3O3/c1-14(11(13)17)8-4-2-3-7(5-8)9(12)6-10(15)16/h2-5,9H,6,12H2,1H3,(H2,13,17)(H,15,16). The summed E-state index contributed by atoms with van der Waals surface area (Å²) in [5.74, 6) is -0.967. The minimum Gasteiger partial charge on any atom is -0.481 e. The Morgan fingerprint density at radius 3 is 2.65 bits per heavy atom. The quantitative estimate of drug-likeness (QED) is 0.715. The number of nitrogens with zero attached hydrogens (tertiary/aromatic N) is 1. The van der Waals surface area contributed by atoms with Crippen LogP contribution in [0.5, 0.6) is 0 Å². The van der Waals surface area contributed by atoms with Crippen LogP contribution in [0.3, 0.4) is 0 Å². The summed E-state index contributed by atoms with van der Waals surface area (Å²) in [6, 6.07) is 5.57. The molecule has 0 aromatic heterocycles. The maximum Gasteiger partial charge on any atom is 0.318 e. The third-order valence-corrected chi connectivity index (χ3v) is 2.41. The van der Waals surface area contributed by atoms with Crippen molar-refractivity contribution in [2.24, 2.45) is 11.5 Å². The molecule has 1 unspecified atom stereocenters. The highest BCUT2D eigenvalue weighted by molar-refractivity contribution is 5.90. The van der Waals surface area contributed by atoms with Crippen LogP contribution >= 0.6 is 0 Å². The third-order valence-electron chi connectivity index (χ3n) is 2.41. The number of amides is 2. The second kappa shape index (κ2) is 5.31. The summed E-state index contributed by atoms with van der Waals surface area (Å²) in [4.78, 5) is 22.8. The number of carboxylic acids is 1. The second-order valence-corrected chi connectivity index (χ2v) is 3.70. The molecule has 0 aliphatic rings. The van der Waals surface area contributed by atoms with Crippen LogP contribution in [-0.4, -0.2) is 24.2 Å². The molecule has 0 aliphatic carbocycles. The fourth-order valence-electron chi connectivity index (χ4n) is 1.40. The van der Waals surface area contributed by atoms with Gasteiger partial charge < -0.3 is 16.6 Å². The lowest BCUT2D eigenvalue weighted by atomic mass is 10.0. The third kappa shape index (κ3) is 3.46. The van der Waals surface area contributed by atoms with Crippen molar-refractivity contribution in [3.8, 4) is 0 Å². The van der Waals surface area contributed by atoms with Crippen LogP contribution in [0.1, 0.15) is 18.0 Å². The number of carbonyl (C=O) groups excluding carboxylic acids is 1. The van der Waals surface area contributed by atoms with Crippen LogP contribution in [0.15, 0.2) is 24.3 Å². The van der Waals surface area contributed by atoms with E-state index in [0.29, 0.717) is 11.3 Å². The van der Waals surface area contributed by atoms with Gasteiger partial charge in [0.25, 0.3) is 0 Å². The number of anilines is 1. The predicted molar refractivity (Wildman–Crippen MR) is 63.6 cm³/mol. The summed E-state index contributed by atoms with van der Waals surface area (Å²) in [6.45, 7) is 0. The first kappa shape index (κ1) is 13.0. The maximum absolute atomic E-state index is 11.0. The van der Waals surface area contributed by atoms with Gasteiger partial charge in [-0.1, -0.05) is 12.1 Å². The zero-order valence-electron chi connectivity index (χ0n) is 9.46. The van der Waals surface area contributed by atoms with Crippen molar-refractivity contribution in [3.05, 3.63) is 29.8 Å². The van der Waals surface area contributed by atoms with Crippen molar-refractivity contribution in [1.82, 2.24) is 0 Å². The zero-order chi connectivity index (χ0) is 13.0. The average Bonchev–Trinajstić information content (AvgIpc) is 2.27. The lowest BCUT2D eigenvalue weighted by Gasteiger charge is -2.17. The first-order valence-electron chi connectivity index (χ1n) is 5.02. The highest BCUT2D eigenvalue weighted by Gasteiger charge is 2.13. The number of hydrogen-bond donors (Lipinski definition) is 3. The second-order valence-electron chi connectivity index (χ2n) is 3.70. The van der Waals surface area contributed by atoms with E-state index >= 15 is 0 Å². The number of rotatable bonds is 4. The van der Waals surface area contributed by atoms with Crippen molar-refractivity contribution >= 4 is 17.7 Å². The van der Waals surface area contributed by atoms with E-state index in [1.165, 1.54) is 11.9 Å². The van der Waals surface area contributed by atoms with Crippen LogP contribution in [0.25, 0.3) is 0 Å². The monoisotopic (exact) mass is 237 g/mol. The van der Waals surface area contributed by atoms with Gasteiger partial charge in [0.1, 0.15) is 0 Å². The summed E-state index contributed by atoms with van der Waals surface area (Å²) < 4.78 is 0. The van der Waals surface area contributed by atoms with E-state index in [1.54, 1.807) is 24.3 Å². The molecular formula is C11H15N3O3. The number of hydrogen-bond acceptors (Lipinski definition) is 3. The van der Waals surface area contributed by atoms with E-state index < -0.39 is 18.0 Å². The Balaban J connectivity index is 2.92. The fourth-order valence-corrected chi connectivity index (χ4v) is 1.40. The molecule has 6 heteroatoms. The van der Waals surface area contributed by atoms with E-state index in [1.807, 2.05) is 0 Å². The molecule has 0 aliphatic heterocycles. The van der Waals surface area contributed by atoms with Gasteiger partial charge in [0.05, 0.1) is 6.42 Å². The molecule has 0 bridgehead atoms. The molecule has 92 valence electrons. The Bertz CT molecular complexity index is 434. The molecule has 0 saturated carbocycles. The molecule has 2 amide bonds. The molecule has 1 aromatic carbocycles. The zero-order valence-corrected chi connectivity index (χ0v) is 9.46. The Hall–Kier alpha value is -2.08. The molecule has 1 rings (SSSR count). The van der Waals surface area contributed by atoms with E-state index in [2.05, 4.69) is 0 Å². The Kier molecular flexibility index (Phi) is 4.06. The van der Waals surface area contributed by atoms with Gasteiger partial charge >= 0.3 is 12.0 Å². The smallest absolute Gasteiger partial charge is 0.318 e. The van der Waals surface area contributed by atoms with Gasteiger partial charge in [-0.25, -0.2) is 4.79 Å². The fraction of sp³-hybridized carbons (Fsp3) is 0.273. The van der Waals surface area contributed by atoms with Crippen LogP contribution < -0.4 is 16.4 Å². The molecule has 1 atom stereocenters. The van der Waals surface area contributed by atoms with Crippen LogP contribution in [0.2, 0.25) is 0 Å². The molecule has 0 fully saturated rings. The van der Waals surface area contributed by atoms with Gasteiger partial charge in [-0.15, -0.1) is 0 Å². The largest absolute Gasteiger partial charge is 0.481 e. The van der Waals surface area contributed by atoms with Gasteiger partial charge in [-0.05, 0) is 17.7 Å². The summed E-state index contributed by atoms with van der Waals surface area (Å²) in [7, 11) is 1.53. The lowest BCUT2D eigenvalue weighted by Crippen LogP contribution is -2.31. The molecule has 5 N–H and O–H groups in total. The molecule has 6 nitrogen and oxygen atoms in total. The number of aliphatic carboxylic acids is 1. The number of nitrogens with two attached hydrogens (primary N) is 2. The molecule has 0 saturated heterocycles. The average molecular weight is 237 g/mol. The van der Waals surface area contributed by atoms with Crippen LogP contribution in [0, 0.1) is 0 Å². The van der Waals surface area contributed by atoms with Crippen LogP contribution in [-0.2, 0) is 4.79 Å². The minimum atomic E-state index is -0.967. The van der Waals surface area contributed by atoms with E-state index in [0.717, 1.165) is 0 Å². The molecule has 0 radical (unpaired) electrons. The van der Waals surface area contributed by atoms with Crippen molar-refractivity contribution in [3.63, 3.8) is 0 Å². The van der Waals surface area contributed by atoms with Gasteiger partial charge in [0.2, 0.25) is 0 Å². The Morgan fingerprint density at radius 1 is 1.47 bits per heavy atom. The van der Waals surface area contributed by atoms with Crippen molar-refractivity contribution < 1.29 is 14.7 Å². The van der Waals surface area contributed by atoms with Crippen molar-refractivity contribution in [1.29, 1.82) is 0 Å². The van der Waals surface area contributed by atoms with Gasteiger partial charge in [0.15, 0.2) is 0 Å². The molecular weight excluding hydrogens is 222 g/mol. The number of carboxylic acid groups (broad SMARTS) is 1. The molecule has 0 heterocycles. The normalized spacial score (nSPS) is 11.9. The first-order valence-corrected chi connectivity index (χ1v) is 5.02. The predicted octanol–water partition coefficient (Wildman–Crippen LogP) is 0.676. The van der Waals surface area contributed by atoms with E-state index in [-0.39, 0.29) is 6.42 Å². The van der Waals surface area contributed by atoms with E-state index in [9.17, 15) is 9.59 Å². The molecule has 0 spiro atoms. The van der Waals surface area contributed by atoms with Crippen LogP contribution in [0.4, 0.5) is 10.5 Å². The first-order chi connectivity index (χ1) is 7.91. The SMILES string of the molecule is CN(C(N)=O)c1cccc(C(N)CC(=O)O)c1. The van der Waals surface area contributed by atoms with Gasteiger partial charge in [0, 0.05) is 18.8 Å². The van der Waals surface area contributed by atoms with Gasteiger partial charge in [-0.3, -0.25) is 9.69 Å². The maximum atomic E-state index is 11.0. The Labute approximate surface area is 98.8 Å². The van der Waals surface area contributed by atoms with Crippen molar-refractivity contribution in [2.75, 3.05) is 11.9 Å². The number of urea groups is 1. The minimum absolute atomic E-state index is 0.163. The summed E-state index contributed by atoms with van der Waals surface area (Å²) in [5, 5.41) is 8.65. The summed E-state index contributed by atoms with van der Waals surface area (Å²) in [5.41, 5.74) is 12.1.